The van der Waals surface area contributed by atoms with Crippen LogP contribution < -0.4 is 4.74 Å². The number of benzene rings is 4. The lowest BCUT2D eigenvalue weighted by atomic mass is 9.56. The van der Waals surface area contributed by atoms with E-state index in [1.165, 1.54) is 16.7 Å². The van der Waals surface area contributed by atoms with Gasteiger partial charge in [-0.15, -0.1) is 0 Å². The summed E-state index contributed by atoms with van der Waals surface area (Å²) in [4.78, 5) is 34.6. The summed E-state index contributed by atoms with van der Waals surface area (Å²) in [6.07, 6.45) is 1.37. The van der Waals surface area contributed by atoms with E-state index >= 15 is 0 Å². The van der Waals surface area contributed by atoms with Crippen LogP contribution in [0.4, 0.5) is 0 Å². The monoisotopic (exact) mass is 1200 g/mol. The first-order valence-corrected chi connectivity index (χ1v) is 32.7. The Morgan fingerprint density at radius 1 is 0.405 bits per heavy atom. The van der Waals surface area contributed by atoms with Gasteiger partial charge in [0.25, 0.3) is 0 Å². The summed E-state index contributed by atoms with van der Waals surface area (Å²) < 4.78 is 27.4. The normalized spacial score (nSPS) is 14.5. The van der Waals surface area contributed by atoms with Gasteiger partial charge in [-0.2, -0.15) is 0 Å². The van der Waals surface area contributed by atoms with Crippen LogP contribution in [0.3, 0.4) is 0 Å². The fourth-order valence-electron chi connectivity index (χ4n) is 11.8. The molecule has 1 atom stereocenters. The van der Waals surface area contributed by atoms with Crippen molar-refractivity contribution < 1.29 is 53.4 Å². The Kier molecular flexibility index (Phi) is 23.0. The lowest BCUT2D eigenvalue weighted by Crippen LogP contribution is -2.58. The largest absolute Gasteiger partial charge is 0.492 e. The first-order chi connectivity index (χ1) is 38.0. The van der Waals surface area contributed by atoms with Crippen molar-refractivity contribution in [3.05, 3.63) is 121 Å². The maximum Gasteiger partial charge on any atom is 0.331 e. The molecule has 4 aromatic rings. The number of ether oxygens (including phenoxy) is 1. The van der Waals surface area contributed by atoms with Gasteiger partial charge in [0.15, 0.2) is 0 Å². The zero-order valence-corrected chi connectivity index (χ0v) is 58.9. The maximum atomic E-state index is 13.2. The molecule has 0 saturated heterocycles. The molecule has 11 nitrogen and oxygen atoms in total. The van der Waals surface area contributed by atoms with Crippen LogP contribution in [0.1, 0.15) is 252 Å². The molecule has 4 rings (SSSR count). The van der Waals surface area contributed by atoms with Gasteiger partial charge in [0.05, 0.1) is 50.5 Å². The van der Waals surface area contributed by atoms with Crippen LogP contribution in [-0.2, 0) is 75.3 Å². The van der Waals surface area contributed by atoms with E-state index in [2.05, 4.69) is 235 Å². The molecule has 0 radical (unpaired) electrons. The summed E-state index contributed by atoms with van der Waals surface area (Å²) in [7, 11) is -6.22. The second kappa shape index (κ2) is 26.3. The van der Waals surface area contributed by atoms with Crippen molar-refractivity contribution in [2.45, 2.75) is 249 Å². The molecule has 0 spiro atoms. The highest BCUT2D eigenvalue weighted by atomic mass is 31.2. The highest BCUT2D eigenvalue weighted by Gasteiger charge is 2.62. The molecule has 1 unspecified atom stereocenters. The van der Waals surface area contributed by atoms with E-state index in [4.69, 9.17) is 18.3 Å². The Bertz CT molecular complexity index is 2690. The van der Waals surface area contributed by atoms with Crippen LogP contribution in [0.5, 0.6) is 5.75 Å². The van der Waals surface area contributed by atoms with Crippen molar-refractivity contribution in [1.82, 2.24) is 0 Å². The lowest BCUT2D eigenvalue weighted by molar-refractivity contribution is -0.127. The molecular formula is C71H114O11P2. The van der Waals surface area contributed by atoms with Gasteiger partial charge in [0, 0.05) is 5.56 Å². The molecule has 84 heavy (non-hydrogen) atoms. The van der Waals surface area contributed by atoms with Crippen molar-refractivity contribution in [2.24, 2.45) is 10.8 Å². The highest BCUT2D eigenvalue weighted by molar-refractivity contribution is 7.40. The first-order valence-electron chi connectivity index (χ1n) is 30.4. The van der Waals surface area contributed by atoms with Gasteiger partial charge in [-0.05, 0) is 135 Å². The van der Waals surface area contributed by atoms with E-state index in [-0.39, 0.29) is 17.4 Å². The molecule has 0 aromatic heterocycles. The predicted molar refractivity (Wildman–Crippen MR) is 351 cm³/mol. The van der Waals surface area contributed by atoms with Crippen LogP contribution in [0.15, 0.2) is 48.5 Å². The fourth-order valence-corrected chi connectivity index (χ4v) is 13.2. The maximum absolute atomic E-state index is 13.2. The minimum absolute atomic E-state index is 0.228. The van der Waals surface area contributed by atoms with E-state index in [1.54, 1.807) is 0 Å². The summed E-state index contributed by atoms with van der Waals surface area (Å²) >= 11 is 0. The molecule has 0 aliphatic heterocycles. The average Bonchev–Trinajstić information content (AvgIpc) is 0.775. The third kappa shape index (κ3) is 15.9. The van der Waals surface area contributed by atoms with E-state index < -0.39 is 106 Å². The summed E-state index contributed by atoms with van der Waals surface area (Å²) in [5.74, 6) is 0.642. The molecule has 0 aliphatic carbocycles. The van der Waals surface area contributed by atoms with Crippen molar-refractivity contribution in [1.29, 1.82) is 0 Å². The summed E-state index contributed by atoms with van der Waals surface area (Å²) in [6.45, 7) is 53.9. The van der Waals surface area contributed by atoms with Crippen LogP contribution in [0, 0.1) is 17.8 Å². The molecule has 0 heterocycles. The Morgan fingerprint density at radius 2 is 0.774 bits per heavy atom. The van der Waals surface area contributed by atoms with Crippen LogP contribution in [0.2, 0.25) is 0 Å². The number of aliphatic hydroxyl groups excluding tert-OH is 4. The smallest absolute Gasteiger partial charge is 0.331 e. The Balaban J connectivity index is 2.24. The van der Waals surface area contributed by atoms with Gasteiger partial charge in [-0.3, -0.25) is 4.52 Å². The molecule has 13 heteroatoms. The highest BCUT2D eigenvalue weighted by Crippen LogP contribution is 2.63. The fraction of sp³-hybridized carbons (Fsp3) is 0.662. The van der Waals surface area contributed by atoms with E-state index in [9.17, 15) is 35.1 Å². The molecule has 0 saturated carbocycles. The quantitative estimate of drug-likeness (QED) is 0.0395. The van der Waals surface area contributed by atoms with Crippen LogP contribution in [-0.4, -0.2) is 81.4 Å². The van der Waals surface area contributed by atoms with Crippen LogP contribution in [0.25, 0.3) is 11.1 Å². The molecular weight excluding hydrogens is 1090 g/mol. The Morgan fingerprint density at radius 3 is 1.07 bits per heavy atom. The SMILES string of the molecule is CCc1cc(C(C)(C)C)c(C(OP(O)OCC(CO)(CO)COc2c(C(C)(C)C)ccc(-c3c(C(C)(C)C)cc(C)cc3C(C)(C)C)c2C(C)(C)C)(c2c(C(C)(C)C)cc(CC)cc2C(C)(C)C)C(CO)(CO)COP(O)O)c(C(C)(C)C)c1. The third-order valence-electron chi connectivity index (χ3n) is 16.7. The van der Waals surface area contributed by atoms with Crippen LogP contribution >= 0.6 is 17.2 Å². The first kappa shape index (κ1) is 73.6. The number of hydrogen-bond donors (Lipinski definition) is 7. The second-order valence-corrected chi connectivity index (χ2v) is 34.1. The molecule has 0 bridgehead atoms. The predicted octanol–water partition coefficient (Wildman–Crippen LogP) is 15.9. The summed E-state index contributed by atoms with van der Waals surface area (Å²) in [5.41, 5.74) is 4.53. The van der Waals surface area contributed by atoms with Crippen molar-refractivity contribution in [2.75, 3.05) is 46.2 Å². The number of aryl methyl sites for hydroxylation is 3. The van der Waals surface area contributed by atoms with Gasteiger partial charge < -0.3 is 48.9 Å². The van der Waals surface area contributed by atoms with Gasteiger partial charge in [-0.25, -0.2) is 0 Å². The molecule has 0 aliphatic rings. The van der Waals surface area contributed by atoms with Gasteiger partial charge in [0.1, 0.15) is 18.0 Å². The van der Waals surface area contributed by atoms with Crippen molar-refractivity contribution >= 4 is 17.2 Å². The lowest BCUT2D eigenvalue weighted by Gasteiger charge is -2.54. The Labute approximate surface area is 511 Å². The minimum Gasteiger partial charge on any atom is -0.492 e. The number of rotatable bonds is 21. The Hall–Kier alpha value is -2.86. The molecule has 0 fully saturated rings. The molecule has 0 amide bonds. The minimum atomic E-state index is -3.17. The molecule has 474 valence electrons. The topological polar surface area (TPSA) is 179 Å². The zero-order chi connectivity index (χ0) is 64.7. The number of hydrogen-bond acceptors (Lipinski definition) is 11. The van der Waals surface area contributed by atoms with Crippen molar-refractivity contribution in [3.63, 3.8) is 0 Å². The standard InChI is InChI=1S/C71H114O11P2/c1-28-46-34-52(64(13,14)15)58(53(35-46)65(16,17)18)71(70(40-74,41-75)44-80-83(76)77,59-54(66(19,20)21)36-47(29-2)37-55(59)67(22,23)24)82-84(78)81-43-69(38-72,39-73)42-79-60-49(61(4,5)6)31-30-48(57(60)68(25,26)27)56-50(62(7,8)9)32-45(3)33-51(56)63(10,11)12/h30-37,72-78H,28-29,38-44H2,1-27H3. The van der Waals surface area contributed by atoms with Gasteiger partial charge in [-0.1, -0.05) is 234 Å². The summed E-state index contributed by atoms with van der Waals surface area (Å²) in [5, 5.41) is 48.3. The second-order valence-electron chi connectivity index (χ2n) is 32.5. The zero-order valence-electron chi connectivity index (χ0n) is 57.1. The van der Waals surface area contributed by atoms with E-state index in [0.717, 1.165) is 55.6 Å². The number of aliphatic hydroxyl groups is 4. The van der Waals surface area contributed by atoms with Gasteiger partial charge in [0.2, 0.25) is 0 Å². The van der Waals surface area contributed by atoms with E-state index in [0.29, 0.717) is 29.7 Å². The van der Waals surface area contributed by atoms with E-state index in [1.807, 2.05) is 0 Å². The molecule has 7 N–H and O–H groups in total. The molecule has 4 aromatic carbocycles. The van der Waals surface area contributed by atoms with Gasteiger partial charge >= 0.3 is 17.2 Å². The van der Waals surface area contributed by atoms with Crippen molar-refractivity contribution in [3.8, 4) is 16.9 Å². The summed E-state index contributed by atoms with van der Waals surface area (Å²) in [6, 6.07) is 17.6. The average molecular weight is 1210 g/mol. The third-order valence-corrected chi connectivity index (χ3v) is 17.9.